The van der Waals surface area contributed by atoms with Gasteiger partial charge in [-0.05, 0) is 47.9 Å². The minimum absolute atomic E-state index is 0.678. The molecule has 0 aliphatic heterocycles. The Morgan fingerprint density at radius 2 is 1.95 bits per heavy atom. The molecule has 0 spiro atoms. The fourth-order valence-corrected chi connectivity index (χ4v) is 3.07. The molecule has 0 radical (unpaired) electrons. The average molecular weight is 291 g/mol. The summed E-state index contributed by atoms with van der Waals surface area (Å²) in [5.41, 5.74) is 5.10. The van der Waals surface area contributed by atoms with Gasteiger partial charge in [-0.15, -0.1) is 0 Å². The van der Waals surface area contributed by atoms with Crippen molar-refractivity contribution in [3.05, 3.63) is 60.0 Å². The van der Waals surface area contributed by atoms with Crippen molar-refractivity contribution in [3.63, 3.8) is 0 Å². The molecule has 0 N–H and O–H groups in total. The maximum Gasteiger partial charge on any atom is 0.221 e. The molecule has 0 unspecified atom stereocenters. The van der Waals surface area contributed by atoms with E-state index in [0.29, 0.717) is 5.92 Å². The van der Waals surface area contributed by atoms with Crippen molar-refractivity contribution in [2.45, 2.75) is 27.2 Å². The van der Waals surface area contributed by atoms with Crippen LogP contribution in [0.1, 0.15) is 25.0 Å². The lowest BCUT2D eigenvalue weighted by molar-refractivity contribution is -0.659. The Morgan fingerprint density at radius 3 is 2.68 bits per heavy atom. The number of benzene rings is 1. The molecule has 0 saturated heterocycles. The molecule has 3 aromatic rings. The van der Waals surface area contributed by atoms with E-state index in [9.17, 15) is 0 Å². The first-order valence-electron chi connectivity index (χ1n) is 7.88. The maximum absolute atomic E-state index is 4.31. The van der Waals surface area contributed by atoms with E-state index >= 15 is 0 Å². The van der Waals surface area contributed by atoms with Gasteiger partial charge in [0, 0.05) is 18.5 Å². The van der Waals surface area contributed by atoms with Gasteiger partial charge in [-0.3, -0.25) is 4.98 Å². The quantitative estimate of drug-likeness (QED) is 0.660. The van der Waals surface area contributed by atoms with E-state index in [1.165, 1.54) is 33.2 Å². The number of aryl methyl sites for hydroxylation is 2. The molecule has 1 aromatic carbocycles. The maximum atomic E-state index is 4.31. The Balaban J connectivity index is 2.22. The van der Waals surface area contributed by atoms with E-state index < -0.39 is 0 Å². The highest BCUT2D eigenvalue weighted by Crippen LogP contribution is 2.28. The second-order valence-electron chi connectivity index (χ2n) is 6.49. The Bertz CT molecular complexity index is 819. The first kappa shape index (κ1) is 14.7. The van der Waals surface area contributed by atoms with Gasteiger partial charge in [-0.1, -0.05) is 26.0 Å². The summed E-state index contributed by atoms with van der Waals surface area (Å²) >= 11 is 0. The second kappa shape index (κ2) is 5.88. The van der Waals surface area contributed by atoms with Gasteiger partial charge in [0.15, 0.2) is 6.20 Å². The standard InChI is InChI=1S/C20H23N2/c1-14(2)11-16-5-6-18-17(12-16)8-10-22(4)20(18)19-13-21-9-7-15(19)3/h5-10,12-14H,11H2,1-4H3/q+1. The normalized spacial score (nSPS) is 11.3. The number of aromatic nitrogens is 2. The fraction of sp³-hybridized carbons (Fsp3) is 0.300. The molecule has 22 heavy (non-hydrogen) atoms. The summed E-state index contributed by atoms with van der Waals surface area (Å²) < 4.78 is 2.19. The second-order valence-corrected chi connectivity index (χ2v) is 6.49. The lowest BCUT2D eigenvalue weighted by Gasteiger charge is -2.10. The van der Waals surface area contributed by atoms with E-state index in [2.05, 4.69) is 73.9 Å². The number of pyridine rings is 2. The van der Waals surface area contributed by atoms with E-state index in [1.54, 1.807) is 0 Å². The molecule has 0 bridgehead atoms. The van der Waals surface area contributed by atoms with Gasteiger partial charge in [0.05, 0.1) is 10.9 Å². The summed E-state index contributed by atoms with van der Waals surface area (Å²) in [5, 5.41) is 2.59. The molecule has 2 heterocycles. The number of fused-ring (bicyclic) bond motifs is 1. The lowest BCUT2D eigenvalue weighted by atomic mass is 9.97. The van der Waals surface area contributed by atoms with Crippen molar-refractivity contribution >= 4 is 10.8 Å². The Kier molecular flexibility index (Phi) is 3.93. The Hall–Kier alpha value is -2.22. The Morgan fingerprint density at radius 1 is 1.14 bits per heavy atom. The zero-order chi connectivity index (χ0) is 15.7. The molecule has 0 saturated carbocycles. The number of hydrogen-bond donors (Lipinski definition) is 0. The summed E-state index contributed by atoms with van der Waals surface area (Å²) in [6.07, 6.45) is 7.08. The van der Waals surface area contributed by atoms with Crippen molar-refractivity contribution in [2.75, 3.05) is 0 Å². The van der Waals surface area contributed by atoms with Crippen LogP contribution in [0.4, 0.5) is 0 Å². The number of nitrogens with zero attached hydrogens (tertiary/aromatic N) is 2. The third-order valence-electron chi connectivity index (χ3n) is 4.14. The van der Waals surface area contributed by atoms with Crippen LogP contribution in [-0.2, 0) is 13.5 Å². The molecule has 0 fully saturated rings. The third kappa shape index (κ3) is 2.74. The highest BCUT2D eigenvalue weighted by atomic mass is 14.9. The SMILES string of the molecule is Cc1ccncc1-c1c2ccc(CC(C)C)cc2cc[n+]1C. The highest BCUT2D eigenvalue weighted by Gasteiger charge is 2.17. The molecule has 3 rings (SSSR count). The van der Waals surface area contributed by atoms with Crippen molar-refractivity contribution < 1.29 is 4.57 Å². The van der Waals surface area contributed by atoms with E-state index in [-0.39, 0.29) is 0 Å². The fourth-order valence-electron chi connectivity index (χ4n) is 3.07. The minimum atomic E-state index is 0.678. The molecule has 2 nitrogen and oxygen atoms in total. The van der Waals surface area contributed by atoms with Crippen LogP contribution in [0, 0.1) is 12.8 Å². The molecular formula is C20H23N2+. The van der Waals surface area contributed by atoms with Crippen molar-refractivity contribution in [3.8, 4) is 11.3 Å². The molecule has 0 amide bonds. The third-order valence-corrected chi connectivity index (χ3v) is 4.14. The number of rotatable bonds is 3. The van der Waals surface area contributed by atoms with Crippen LogP contribution in [-0.4, -0.2) is 4.98 Å². The molecule has 2 heteroatoms. The van der Waals surface area contributed by atoms with Crippen LogP contribution in [0.3, 0.4) is 0 Å². The monoisotopic (exact) mass is 291 g/mol. The van der Waals surface area contributed by atoms with Crippen LogP contribution < -0.4 is 4.57 Å². The van der Waals surface area contributed by atoms with Crippen LogP contribution in [0.5, 0.6) is 0 Å². The van der Waals surface area contributed by atoms with Gasteiger partial charge in [0.25, 0.3) is 0 Å². The first-order chi connectivity index (χ1) is 10.6. The van der Waals surface area contributed by atoms with Gasteiger partial charge >= 0.3 is 0 Å². The van der Waals surface area contributed by atoms with E-state index in [0.717, 1.165) is 6.42 Å². The summed E-state index contributed by atoms with van der Waals surface area (Å²) in [6.45, 7) is 6.67. The van der Waals surface area contributed by atoms with Crippen LogP contribution in [0.2, 0.25) is 0 Å². The van der Waals surface area contributed by atoms with Crippen LogP contribution in [0.15, 0.2) is 48.9 Å². The smallest absolute Gasteiger partial charge is 0.221 e. The minimum Gasteiger partial charge on any atom is -0.264 e. The highest BCUT2D eigenvalue weighted by molar-refractivity contribution is 5.93. The van der Waals surface area contributed by atoms with Gasteiger partial charge < -0.3 is 0 Å². The van der Waals surface area contributed by atoms with E-state index in [4.69, 9.17) is 0 Å². The molecule has 0 aliphatic carbocycles. The topological polar surface area (TPSA) is 16.8 Å². The van der Waals surface area contributed by atoms with Crippen LogP contribution >= 0.6 is 0 Å². The van der Waals surface area contributed by atoms with E-state index in [1.807, 2.05) is 12.4 Å². The molecule has 2 aromatic heterocycles. The van der Waals surface area contributed by atoms with Crippen molar-refractivity contribution in [2.24, 2.45) is 13.0 Å². The number of hydrogen-bond acceptors (Lipinski definition) is 1. The summed E-state index contributed by atoms with van der Waals surface area (Å²) in [5.74, 6) is 0.678. The van der Waals surface area contributed by atoms with Crippen molar-refractivity contribution in [1.29, 1.82) is 0 Å². The Labute approximate surface area is 132 Å². The summed E-state index contributed by atoms with van der Waals surface area (Å²) in [6, 6.07) is 11.1. The predicted molar refractivity (Wildman–Crippen MR) is 91.6 cm³/mol. The largest absolute Gasteiger partial charge is 0.264 e. The average Bonchev–Trinajstić information content (AvgIpc) is 2.48. The summed E-state index contributed by atoms with van der Waals surface area (Å²) in [4.78, 5) is 4.31. The van der Waals surface area contributed by atoms with Crippen molar-refractivity contribution in [1.82, 2.24) is 4.98 Å². The zero-order valence-corrected chi connectivity index (χ0v) is 13.8. The molecule has 0 aliphatic rings. The van der Waals surface area contributed by atoms with Gasteiger partial charge in [-0.25, -0.2) is 4.57 Å². The first-order valence-corrected chi connectivity index (χ1v) is 7.88. The van der Waals surface area contributed by atoms with Gasteiger partial charge in [0.2, 0.25) is 5.69 Å². The van der Waals surface area contributed by atoms with Gasteiger partial charge in [-0.2, -0.15) is 0 Å². The zero-order valence-electron chi connectivity index (χ0n) is 13.8. The van der Waals surface area contributed by atoms with Gasteiger partial charge in [0.1, 0.15) is 7.05 Å². The lowest BCUT2D eigenvalue weighted by Crippen LogP contribution is -2.30. The van der Waals surface area contributed by atoms with Crippen LogP contribution in [0.25, 0.3) is 22.0 Å². The molecule has 0 atom stereocenters. The molecular weight excluding hydrogens is 268 g/mol. The predicted octanol–water partition coefficient (Wildman–Crippen LogP) is 4.23. The molecule has 112 valence electrons. The summed E-state index contributed by atoms with van der Waals surface area (Å²) in [7, 11) is 2.10.